The average Bonchev–Trinajstić information content (AvgIpc) is 3.01. The van der Waals surface area contributed by atoms with E-state index in [0.717, 1.165) is 18.4 Å². The van der Waals surface area contributed by atoms with Gasteiger partial charge in [-0.3, -0.25) is 0 Å². The number of hydrogen-bond donors (Lipinski definition) is 1. The number of nitrogens with two attached hydrogens (primary N) is 1. The minimum absolute atomic E-state index is 0.176. The first-order chi connectivity index (χ1) is 10.1. The minimum Gasteiger partial charge on any atom is -0.369 e. The Bertz CT molecular complexity index is 404. The summed E-state index contributed by atoms with van der Waals surface area (Å²) in [6.07, 6.45) is 7.76. The molecule has 2 heteroatoms. The lowest BCUT2D eigenvalue weighted by Crippen LogP contribution is -2.34. The quantitative estimate of drug-likeness (QED) is 0.774. The van der Waals surface area contributed by atoms with E-state index in [1.54, 1.807) is 0 Å². The van der Waals surface area contributed by atoms with Crippen LogP contribution in [0.15, 0.2) is 24.3 Å². The Morgan fingerprint density at radius 2 is 1.76 bits per heavy atom. The summed E-state index contributed by atoms with van der Waals surface area (Å²) in [6, 6.07) is 9.93. The zero-order valence-corrected chi connectivity index (χ0v) is 14.0. The zero-order valence-electron chi connectivity index (χ0n) is 14.0. The van der Waals surface area contributed by atoms with Gasteiger partial charge in [0.2, 0.25) is 0 Å². The first kappa shape index (κ1) is 16.4. The Labute approximate surface area is 130 Å². The van der Waals surface area contributed by atoms with Gasteiger partial charge in [0.05, 0.1) is 0 Å². The van der Waals surface area contributed by atoms with Crippen molar-refractivity contribution in [2.24, 2.45) is 11.7 Å². The van der Waals surface area contributed by atoms with Gasteiger partial charge in [-0.25, -0.2) is 0 Å². The van der Waals surface area contributed by atoms with Crippen molar-refractivity contribution < 1.29 is 0 Å². The number of benzene rings is 1. The Kier molecular flexibility index (Phi) is 6.10. The van der Waals surface area contributed by atoms with Gasteiger partial charge >= 0.3 is 0 Å². The highest BCUT2D eigenvalue weighted by Crippen LogP contribution is 2.29. The minimum atomic E-state index is 0.176. The van der Waals surface area contributed by atoms with Crippen molar-refractivity contribution >= 4 is 5.69 Å². The molecule has 0 saturated heterocycles. The molecule has 0 bridgehead atoms. The van der Waals surface area contributed by atoms with Gasteiger partial charge in [-0.2, -0.15) is 0 Å². The molecule has 1 aromatic rings. The summed E-state index contributed by atoms with van der Waals surface area (Å²) in [7, 11) is 0. The highest BCUT2D eigenvalue weighted by Gasteiger charge is 2.23. The predicted octanol–water partition coefficient (Wildman–Crippen LogP) is 4.89. The van der Waals surface area contributed by atoms with E-state index >= 15 is 0 Å². The predicted molar refractivity (Wildman–Crippen MR) is 92.7 cm³/mol. The molecule has 2 N–H and O–H groups in total. The first-order valence-electron chi connectivity index (χ1n) is 8.74. The molecule has 0 spiro atoms. The van der Waals surface area contributed by atoms with Gasteiger partial charge in [-0.15, -0.1) is 0 Å². The SMILES string of the molecule is CC[C@@H](N)c1ccc(N(CCC(C)C)C2CCCC2)cc1. The van der Waals surface area contributed by atoms with Crippen LogP contribution >= 0.6 is 0 Å². The van der Waals surface area contributed by atoms with Crippen LogP contribution in [0.5, 0.6) is 0 Å². The topological polar surface area (TPSA) is 29.3 Å². The molecule has 0 aromatic heterocycles. The third kappa shape index (κ3) is 4.47. The van der Waals surface area contributed by atoms with Crippen LogP contribution in [0.1, 0.15) is 70.9 Å². The van der Waals surface area contributed by atoms with Crippen molar-refractivity contribution in [1.29, 1.82) is 0 Å². The maximum Gasteiger partial charge on any atom is 0.0368 e. The molecule has 0 heterocycles. The third-order valence-electron chi connectivity index (χ3n) is 4.81. The molecule has 1 saturated carbocycles. The van der Waals surface area contributed by atoms with E-state index < -0.39 is 0 Å². The van der Waals surface area contributed by atoms with Crippen LogP contribution < -0.4 is 10.6 Å². The lowest BCUT2D eigenvalue weighted by Gasteiger charge is -2.32. The van der Waals surface area contributed by atoms with Gasteiger partial charge < -0.3 is 10.6 Å². The molecule has 2 nitrogen and oxygen atoms in total. The molecule has 118 valence electrons. The van der Waals surface area contributed by atoms with E-state index in [1.165, 1.54) is 49.9 Å². The molecule has 0 radical (unpaired) electrons. The van der Waals surface area contributed by atoms with E-state index in [-0.39, 0.29) is 6.04 Å². The second-order valence-electron chi connectivity index (χ2n) is 6.92. The number of hydrogen-bond acceptors (Lipinski definition) is 2. The number of anilines is 1. The van der Waals surface area contributed by atoms with Crippen LogP contribution in [0.3, 0.4) is 0 Å². The van der Waals surface area contributed by atoms with Crippen molar-refractivity contribution in [1.82, 2.24) is 0 Å². The largest absolute Gasteiger partial charge is 0.369 e. The Morgan fingerprint density at radius 3 is 2.29 bits per heavy atom. The van der Waals surface area contributed by atoms with Crippen molar-refractivity contribution in [2.75, 3.05) is 11.4 Å². The molecule has 2 rings (SSSR count). The summed E-state index contributed by atoms with van der Waals surface area (Å²) in [6.45, 7) is 7.96. The van der Waals surface area contributed by atoms with E-state index in [9.17, 15) is 0 Å². The fourth-order valence-electron chi connectivity index (χ4n) is 3.28. The van der Waals surface area contributed by atoms with E-state index in [4.69, 9.17) is 5.73 Å². The van der Waals surface area contributed by atoms with Gasteiger partial charge in [0.1, 0.15) is 0 Å². The number of rotatable bonds is 7. The summed E-state index contributed by atoms with van der Waals surface area (Å²) < 4.78 is 0. The molecule has 0 unspecified atom stereocenters. The molecular formula is C19H32N2. The Hall–Kier alpha value is -1.02. The van der Waals surface area contributed by atoms with E-state index in [0.29, 0.717) is 0 Å². The molecule has 1 aliphatic carbocycles. The summed E-state index contributed by atoms with van der Waals surface area (Å²) in [4.78, 5) is 2.65. The first-order valence-corrected chi connectivity index (χ1v) is 8.74. The third-order valence-corrected chi connectivity index (χ3v) is 4.81. The summed E-state index contributed by atoms with van der Waals surface area (Å²) >= 11 is 0. The average molecular weight is 288 g/mol. The van der Waals surface area contributed by atoms with Gasteiger partial charge in [-0.1, -0.05) is 45.7 Å². The molecule has 21 heavy (non-hydrogen) atoms. The van der Waals surface area contributed by atoms with Crippen LogP contribution in [0.4, 0.5) is 5.69 Å². The van der Waals surface area contributed by atoms with Crippen molar-refractivity contribution in [3.8, 4) is 0 Å². The zero-order chi connectivity index (χ0) is 15.2. The number of nitrogens with zero attached hydrogens (tertiary/aromatic N) is 1. The monoisotopic (exact) mass is 288 g/mol. The second kappa shape index (κ2) is 7.84. The van der Waals surface area contributed by atoms with Crippen molar-refractivity contribution in [3.05, 3.63) is 29.8 Å². The van der Waals surface area contributed by atoms with E-state index in [1.807, 2.05) is 0 Å². The van der Waals surface area contributed by atoms with Crippen LogP contribution in [0.25, 0.3) is 0 Å². The Morgan fingerprint density at radius 1 is 1.14 bits per heavy atom. The van der Waals surface area contributed by atoms with Crippen LogP contribution in [0.2, 0.25) is 0 Å². The highest BCUT2D eigenvalue weighted by molar-refractivity contribution is 5.49. The van der Waals surface area contributed by atoms with E-state index in [2.05, 4.69) is 49.9 Å². The molecule has 1 aliphatic rings. The molecule has 0 aliphatic heterocycles. The van der Waals surface area contributed by atoms with Gasteiger partial charge in [-0.05, 0) is 49.3 Å². The molecule has 1 fully saturated rings. The molecule has 1 atom stereocenters. The standard InChI is InChI=1S/C19H32N2/c1-4-19(20)16-9-11-18(12-10-16)21(14-13-15(2)3)17-7-5-6-8-17/h9-12,15,17,19H,4-8,13-14,20H2,1-3H3/t19-/m1/s1. The van der Waals surface area contributed by atoms with Crippen molar-refractivity contribution in [2.45, 2.75) is 71.4 Å². The fraction of sp³-hybridized carbons (Fsp3) is 0.684. The van der Waals surface area contributed by atoms with Crippen molar-refractivity contribution in [3.63, 3.8) is 0 Å². The normalized spacial score (nSPS) is 17.4. The van der Waals surface area contributed by atoms with Crippen LogP contribution in [-0.2, 0) is 0 Å². The van der Waals surface area contributed by atoms with Gasteiger partial charge in [0.15, 0.2) is 0 Å². The summed E-state index contributed by atoms with van der Waals surface area (Å²) in [5, 5.41) is 0. The second-order valence-corrected chi connectivity index (χ2v) is 6.92. The van der Waals surface area contributed by atoms with Crippen LogP contribution in [0, 0.1) is 5.92 Å². The summed E-state index contributed by atoms with van der Waals surface area (Å²) in [5.74, 6) is 0.765. The molecule has 1 aromatic carbocycles. The smallest absolute Gasteiger partial charge is 0.0368 e. The molecular weight excluding hydrogens is 256 g/mol. The Balaban J connectivity index is 2.11. The lowest BCUT2D eigenvalue weighted by atomic mass is 10.0. The maximum absolute atomic E-state index is 6.13. The van der Waals surface area contributed by atoms with Gasteiger partial charge in [0, 0.05) is 24.3 Å². The van der Waals surface area contributed by atoms with Crippen LogP contribution in [-0.4, -0.2) is 12.6 Å². The molecule has 0 amide bonds. The maximum atomic E-state index is 6.13. The van der Waals surface area contributed by atoms with Gasteiger partial charge in [0.25, 0.3) is 0 Å². The summed E-state index contributed by atoms with van der Waals surface area (Å²) in [5.41, 5.74) is 8.77. The lowest BCUT2D eigenvalue weighted by molar-refractivity contribution is 0.528. The highest BCUT2D eigenvalue weighted by atomic mass is 15.2. The fourth-order valence-corrected chi connectivity index (χ4v) is 3.28.